The first-order valence-corrected chi connectivity index (χ1v) is 7.39. The van der Waals surface area contributed by atoms with Crippen molar-refractivity contribution in [2.24, 2.45) is 5.16 Å². The van der Waals surface area contributed by atoms with E-state index in [4.69, 9.17) is 14.7 Å². The van der Waals surface area contributed by atoms with Crippen LogP contribution >= 0.6 is 0 Å². The number of anilines is 1. The van der Waals surface area contributed by atoms with Crippen LogP contribution in [0.1, 0.15) is 16.7 Å². The van der Waals surface area contributed by atoms with E-state index in [-0.39, 0.29) is 12.5 Å². The molecule has 0 spiro atoms. The van der Waals surface area contributed by atoms with Gasteiger partial charge < -0.3 is 20.0 Å². The molecule has 0 bridgehead atoms. The van der Waals surface area contributed by atoms with Crippen LogP contribution in [0.5, 0.6) is 11.5 Å². The number of carbonyl (C=O) groups is 1. The molecule has 0 aromatic heterocycles. The van der Waals surface area contributed by atoms with Crippen LogP contribution < -0.4 is 14.8 Å². The van der Waals surface area contributed by atoms with Crippen LogP contribution in [-0.4, -0.2) is 31.0 Å². The highest BCUT2D eigenvalue weighted by molar-refractivity contribution is 5.92. The lowest BCUT2D eigenvalue weighted by atomic mass is 10.1. The first-order valence-electron chi connectivity index (χ1n) is 7.39. The molecule has 6 heteroatoms. The third-order valence-electron chi connectivity index (χ3n) is 3.54. The monoisotopic (exact) mass is 328 g/mol. The van der Waals surface area contributed by atoms with Crippen molar-refractivity contribution in [3.63, 3.8) is 0 Å². The summed E-state index contributed by atoms with van der Waals surface area (Å²) in [4.78, 5) is 12.0. The van der Waals surface area contributed by atoms with Gasteiger partial charge in [-0.2, -0.15) is 0 Å². The minimum Gasteiger partial charge on any atom is -0.493 e. The Bertz CT molecular complexity index is 757. The number of amides is 1. The second-order valence-corrected chi connectivity index (χ2v) is 5.29. The fourth-order valence-corrected chi connectivity index (χ4v) is 2.11. The smallest absolute Gasteiger partial charge is 0.262 e. The molecular weight excluding hydrogens is 308 g/mol. The van der Waals surface area contributed by atoms with E-state index in [0.717, 1.165) is 11.3 Å². The molecule has 0 fully saturated rings. The van der Waals surface area contributed by atoms with Crippen LogP contribution in [0.3, 0.4) is 0 Å². The van der Waals surface area contributed by atoms with E-state index in [0.29, 0.717) is 17.1 Å². The summed E-state index contributed by atoms with van der Waals surface area (Å²) in [5.74, 6) is 0.621. The molecule has 2 N–H and O–H groups in total. The number of carbonyl (C=O) groups excluding carboxylic acids is 1. The molecule has 0 aliphatic carbocycles. The number of nitrogens with zero attached hydrogens (tertiary/aromatic N) is 1. The van der Waals surface area contributed by atoms with Crippen molar-refractivity contribution < 1.29 is 19.5 Å². The maximum absolute atomic E-state index is 12.0. The van der Waals surface area contributed by atoms with Gasteiger partial charge in [-0.05, 0) is 55.3 Å². The maximum Gasteiger partial charge on any atom is 0.262 e. The molecule has 6 nitrogen and oxygen atoms in total. The number of benzene rings is 2. The fourth-order valence-electron chi connectivity index (χ4n) is 2.11. The summed E-state index contributed by atoms with van der Waals surface area (Å²) in [6, 6.07) is 10.7. The van der Waals surface area contributed by atoms with Gasteiger partial charge in [0.1, 0.15) is 0 Å². The summed E-state index contributed by atoms with van der Waals surface area (Å²) in [6.45, 7) is 3.86. The largest absolute Gasteiger partial charge is 0.493 e. The molecule has 0 aliphatic rings. The molecule has 2 aromatic carbocycles. The molecule has 2 aromatic rings. The SMILES string of the molecule is COc1cc(/C=N/O)ccc1OCC(=O)Nc1ccc(C)c(C)c1. The number of aryl methyl sites for hydroxylation is 2. The van der Waals surface area contributed by atoms with E-state index in [1.807, 2.05) is 32.0 Å². The van der Waals surface area contributed by atoms with Gasteiger partial charge in [-0.1, -0.05) is 11.2 Å². The lowest BCUT2D eigenvalue weighted by Crippen LogP contribution is -2.20. The molecule has 0 radical (unpaired) electrons. The van der Waals surface area contributed by atoms with Crippen molar-refractivity contribution in [3.05, 3.63) is 53.1 Å². The van der Waals surface area contributed by atoms with Gasteiger partial charge in [0.05, 0.1) is 13.3 Å². The van der Waals surface area contributed by atoms with Crippen molar-refractivity contribution in [2.45, 2.75) is 13.8 Å². The molecule has 0 heterocycles. The average molecular weight is 328 g/mol. The summed E-state index contributed by atoms with van der Waals surface area (Å²) in [7, 11) is 1.50. The Kier molecular flexibility index (Phi) is 5.78. The van der Waals surface area contributed by atoms with Crippen LogP contribution in [0.15, 0.2) is 41.6 Å². The molecule has 126 valence electrons. The number of oxime groups is 1. The number of methoxy groups -OCH3 is 1. The fraction of sp³-hybridized carbons (Fsp3) is 0.222. The summed E-state index contributed by atoms with van der Waals surface area (Å²) < 4.78 is 10.7. The molecule has 0 aliphatic heterocycles. The lowest BCUT2D eigenvalue weighted by molar-refractivity contribution is -0.118. The van der Waals surface area contributed by atoms with Crippen molar-refractivity contribution in [2.75, 3.05) is 19.0 Å². The second-order valence-electron chi connectivity index (χ2n) is 5.29. The van der Waals surface area contributed by atoms with Crippen LogP contribution in [-0.2, 0) is 4.79 Å². The zero-order valence-corrected chi connectivity index (χ0v) is 13.9. The Morgan fingerprint density at radius 2 is 1.96 bits per heavy atom. The van der Waals surface area contributed by atoms with E-state index in [1.165, 1.54) is 18.9 Å². The van der Waals surface area contributed by atoms with Gasteiger partial charge in [0.15, 0.2) is 18.1 Å². The summed E-state index contributed by atoms with van der Waals surface area (Å²) >= 11 is 0. The van der Waals surface area contributed by atoms with E-state index in [2.05, 4.69) is 10.5 Å². The number of nitrogens with one attached hydrogen (secondary N) is 1. The molecule has 0 saturated carbocycles. The minimum absolute atomic E-state index is 0.142. The molecular formula is C18H20N2O4. The standard InChI is InChI=1S/C18H20N2O4/c1-12-4-6-15(8-13(12)2)20-18(21)11-24-16-7-5-14(10-19-22)9-17(16)23-3/h4-10,22H,11H2,1-3H3,(H,20,21)/b19-10+. The molecule has 0 atom stereocenters. The Morgan fingerprint density at radius 1 is 1.17 bits per heavy atom. The van der Waals surface area contributed by atoms with Gasteiger partial charge in [-0.3, -0.25) is 4.79 Å². The summed E-state index contributed by atoms with van der Waals surface area (Å²) in [6.07, 6.45) is 1.28. The van der Waals surface area contributed by atoms with Gasteiger partial charge in [0.2, 0.25) is 0 Å². The number of rotatable bonds is 6. The van der Waals surface area contributed by atoms with Crippen LogP contribution in [0.4, 0.5) is 5.69 Å². The molecule has 2 rings (SSSR count). The second kappa shape index (κ2) is 8.01. The van der Waals surface area contributed by atoms with E-state index >= 15 is 0 Å². The van der Waals surface area contributed by atoms with Crippen molar-refractivity contribution in [3.8, 4) is 11.5 Å². The Balaban J connectivity index is 1.99. The zero-order valence-electron chi connectivity index (χ0n) is 13.9. The predicted molar refractivity (Wildman–Crippen MR) is 92.4 cm³/mol. The first-order chi connectivity index (χ1) is 11.5. The highest BCUT2D eigenvalue weighted by Gasteiger charge is 2.09. The maximum atomic E-state index is 12.0. The first kappa shape index (κ1) is 17.3. The van der Waals surface area contributed by atoms with Crippen LogP contribution in [0, 0.1) is 13.8 Å². The number of hydrogen-bond acceptors (Lipinski definition) is 5. The number of ether oxygens (including phenoxy) is 2. The van der Waals surface area contributed by atoms with E-state index in [1.54, 1.807) is 18.2 Å². The van der Waals surface area contributed by atoms with Gasteiger partial charge in [0.25, 0.3) is 5.91 Å². The zero-order chi connectivity index (χ0) is 17.5. The van der Waals surface area contributed by atoms with E-state index in [9.17, 15) is 4.79 Å². The van der Waals surface area contributed by atoms with E-state index < -0.39 is 0 Å². The molecule has 0 saturated heterocycles. The van der Waals surface area contributed by atoms with Gasteiger partial charge in [-0.25, -0.2) is 0 Å². The molecule has 24 heavy (non-hydrogen) atoms. The Labute approximate surface area is 140 Å². The minimum atomic E-state index is -0.263. The van der Waals surface area contributed by atoms with Crippen LogP contribution in [0.2, 0.25) is 0 Å². The predicted octanol–water partition coefficient (Wildman–Crippen LogP) is 3.14. The van der Waals surface area contributed by atoms with Crippen molar-refractivity contribution in [1.82, 2.24) is 0 Å². The third kappa shape index (κ3) is 4.49. The Morgan fingerprint density at radius 3 is 2.62 bits per heavy atom. The van der Waals surface area contributed by atoms with Gasteiger partial charge in [-0.15, -0.1) is 0 Å². The van der Waals surface area contributed by atoms with Crippen molar-refractivity contribution >= 4 is 17.8 Å². The normalized spacial score (nSPS) is 10.6. The highest BCUT2D eigenvalue weighted by atomic mass is 16.5. The summed E-state index contributed by atoms with van der Waals surface area (Å²) in [5.41, 5.74) is 3.66. The molecule has 1 amide bonds. The topological polar surface area (TPSA) is 80.2 Å². The molecule has 0 unspecified atom stereocenters. The number of hydrogen-bond donors (Lipinski definition) is 2. The lowest BCUT2D eigenvalue weighted by Gasteiger charge is -2.12. The van der Waals surface area contributed by atoms with Gasteiger partial charge >= 0.3 is 0 Å². The quantitative estimate of drug-likeness (QED) is 0.485. The Hall–Kier alpha value is -3.02. The summed E-state index contributed by atoms with van der Waals surface area (Å²) in [5, 5.41) is 14.3. The van der Waals surface area contributed by atoms with Gasteiger partial charge in [0, 0.05) is 11.3 Å². The highest BCUT2D eigenvalue weighted by Crippen LogP contribution is 2.27. The van der Waals surface area contributed by atoms with Crippen LogP contribution in [0.25, 0.3) is 0 Å². The third-order valence-corrected chi connectivity index (χ3v) is 3.54. The van der Waals surface area contributed by atoms with Crippen molar-refractivity contribution in [1.29, 1.82) is 0 Å². The average Bonchev–Trinajstić information content (AvgIpc) is 2.57.